The molecule has 32 heavy (non-hydrogen) atoms. The SMILES string of the molecule is C=O.CNC(=O)CCN(C=O)C(=N)c1ccc(N2CCOC3(CCNCC3)C2)cc1NC. The highest BCUT2D eigenvalue weighted by Gasteiger charge is 2.38. The Balaban J connectivity index is 0.00000176. The summed E-state index contributed by atoms with van der Waals surface area (Å²) in [6.45, 7) is 6.48. The van der Waals surface area contributed by atoms with Crippen LogP contribution >= 0.6 is 0 Å². The van der Waals surface area contributed by atoms with Gasteiger partial charge in [0.15, 0.2) is 0 Å². The van der Waals surface area contributed by atoms with E-state index in [4.69, 9.17) is 14.9 Å². The third-order valence-corrected chi connectivity index (χ3v) is 5.93. The lowest BCUT2D eigenvalue weighted by Crippen LogP contribution is -2.56. The first-order valence-electron chi connectivity index (χ1n) is 10.7. The standard InChI is InChI=1S/C21H32N6O3.CH2O/c1-23-18-13-16(26-11-12-30-21(14-26)6-8-25-9-7-21)3-4-17(18)20(22)27(15-28)10-5-19(29)24-2;1-2/h3-4,13,15,22-23,25H,5-12,14H2,1-2H3,(H,24,29);1H2. The van der Waals surface area contributed by atoms with Crippen LogP contribution in [0.4, 0.5) is 11.4 Å². The number of benzene rings is 1. The van der Waals surface area contributed by atoms with Crippen molar-refractivity contribution in [2.45, 2.75) is 24.9 Å². The van der Waals surface area contributed by atoms with E-state index in [1.54, 1.807) is 14.1 Å². The molecule has 1 aromatic carbocycles. The van der Waals surface area contributed by atoms with Gasteiger partial charge in [-0.3, -0.25) is 19.9 Å². The minimum absolute atomic E-state index is 0.0709. The summed E-state index contributed by atoms with van der Waals surface area (Å²) in [7, 11) is 3.36. The van der Waals surface area contributed by atoms with Gasteiger partial charge >= 0.3 is 0 Å². The number of carbonyl (C=O) groups excluding carboxylic acids is 3. The van der Waals surface area contributed by atoms with Gasteiger partial charge in [0, 0.05) is 57.1 Å². The van der Waals surface area contributed by atoms with E-state index in [1.165, 1.54) is 4.90 Å². The number of morpholine rings is 1. The lowest BCUT2D eigenvalue weighted by Gasteiger charge is -2.46. The van der Waals surface area contributed by atoms with Crippen LogP contribution in [0.15, 0.2) is 18.2 Å². The molecule has 0 atom stereocenters. The fraction of sp³-hybridized carbons (Fsp3) is 0.545. The summed E-state index contributed by atoms with van der Waals surface area (Å²) in [4.78, 5) is 34.6. The second-order valence-electron chi connectivity index (χ2n) is 7.75. The fourth-order valence-corrected chi connectivity index (χ4v) is 4.11. The van der Waals surface area contributed by atoms with Crippen molar-refractivity contribution in [3.63, 3.8) is 0 Å². The molecule has 0 radical (unpaired) electrons. The number of ether oxygens (including phenoxy) is 1. The largest absolute Gasteiger partial charge is 0.387 e. The number of piperidine rings is 1. The molecule has 2 aliphatic rings. The zero-order valence-corrected chi connectivity index (χ0v) is 18.9. The van der Waals surface area contributed by atoms with E-state index in [0.29, 0.717) is 18.6 Å². The molecule has 10 heteroatoms. The topological polar surface area (TPSA) is 127 Å². The first kappa shape index (κ1) is 25.3. The van der Waals surface area contributed by atoms with Crippen LogP contribution in [-0.2, 0) is 19.1 Å². The van der Waals surface area contributed by atoms with E-state index in [2.05, 4.69) is 20.9 Å². The normalized spacial score (nSPS) is 17.0. The second kappa shape index (κ2) is 12.2. The molecule has 176 valence electrons. The van der Waals surface area contributed by atoms with Crippen molar-refractivity contribution in [2.24, 2.45) is 0 Å². The number of carbonyl (C=O) groups is 3. The monoisotopic (exact) mass is 446 g/mol. The molecule has 0 aliphatic carbocycles. The quantitative estimate of drug-likeness (QED) is 0.272. The third-order valence-electron chi connectivity index (χ3n) is 5.93. The van der Waals surface area contributed by atoms with Gasteiger partial charge in [-0.05, 0) is 44.1 Å². The molecule has 2 fully saturated rings. The molecule has 0 aromatic heterocycles. The van der Waals surface area contributed by atoms with Crippen molar-refractivity contribution in [3.8, 4) is 0 Å². The summed E-state index contributed by atoms with van der Waals surface area (Å²) in [5.74, 6) is -0.0976. The summed E-state index contributed by atoms with van der Waals surface area (Å²) in [5, 5.41) is 17.6. The van der Waals surface area contributed by atoms with E-state index in [9.17, 15) is 9.59 Å². The number of amides is 2. The van der Waals surface area contributed by atoms with Crippen molar-refractivity contribution in [1.29, 1.82) is 5.41 Å². The minimum Gasteiger partial charge on any atom is -0.387 e. The Bertz CT molecular complexity index is 791. The van der Waals surface area contributed by atoms with Crippen molar-refractivity contribution < 1.29 is 19.1 Å². The van der Waals surface area contributed by atoms with Crippen molar-refractivity contribution >= 4 is 36.3 Å². The lowest BCUT2D eigenvalue weighted by molar-refractivity contribution is -0.121. The van der Waals surface area contributed by atoms with Gasteiger partial charge in [0.1, 0.15) is 12.6 Å². The van der Waals surface area contributed by atoms with E-state index in [-0.39, 0.29) is 30.3 Å². The predicted octanol–water partition coefficient (Wildman–Crippen LogP) is 0.422. The van der Waals surface area contributed by atoms with Crippen molar-refractivity contribution in [2.75, 3.05) is 63.6 Å². The molecule has 2 heterocycles. The van der Waals surface area contributed by atoms with Gasteiger partial charge in [-0.2, -0.15) is 0 Å². The maximum Gasteiger partial charge on any atom is 0.221 e. The molecular weight excluding hydrogens is 412 g/mol. The van der Waals surface area contributed by atoms with Gasteiger partial charge in [-0.1, -0.05) is 0 Å². The summed E-state index contributed by atoms with van der Waals surface area (Å²) in [5.41, 5.74) is 2.37. The zero-order valence-electron chi connectivity index (χ0n) is 18.9. The molecule has 1 aromatic rings. The average molecular weight is 447 g/mol. The zero-order chi connectivity index (χ0) is 23.6. The number of anilines is 2. The van der Waals surface area contributed by atoms with Crippen LogP contribution in [0, 0.1) is 5.41 Å². The molecule has 0 bridgehead atoms. The van der Waals surface area contributed by atoms with Crippen LogP contribution < -0.4 is 20.9 Å². The number of rotatable bonds is 7. The molecule has 0 unspecified atom stereocenters. The van der Waals surface area contributed by atoms with Crippen LogP contribution in [0.3, 0.4) is 0 Å². The van der Waals surface area contributed by atoms with Crippen LogP contribution in [-0.4, -0.2) is 88.9 Å². The summed E-state index contributed by atoms with van der Waals surface area (Å²) < 4.78 is 6.17. The molecular formula is C22H34N6O4. The molecule has 1 spiro atoms. The predicted molar refractivity (Wildman–Crippen MR) is 124 cm³/mol. The number of hydrogen-bond acceptors (Lipinski definition) is 8. The van der Waals surface area contributed by atoms with Crippen LogP contribution in [0.5, 0.6) is 0 Å². The van der Waals surface area contributed by atoms with E-state index < -0.39 is 0 Å². The number of nitrogens with zero attached hydrogens (tertiary/aromatic N) is 2. The van der Waals surface area contributed by atoms with E-state index in [1.807, 2.05) is 25.0 Å². The Kier molecular flexibility index (Phi) is 9.61. The summed E-state index contributed by atoms with van der Waals surface area (Å²) in [6.07, 6.45) is 2.76. The van der Waals surface area contributed by atoms with E-state index in [0.717, 1.165) is 50.4 Å². The summed E-state index contributed by atoms with van der Waals surface area (Å²) >= 11 is 0. The van der Waals surface area contributed by atoms with Crippen molar-refractivity contribution in [1.82, 2.24) is 15.5 Å². The number of amidine groups is 1. The maximum atomic E-state index is 11.5. The highest BCUT2D eigenvalue weighted by atomic mass is 16.5. The van der Waals surface area contributed by atoms with Gasteiger partial charge in [-0.25, -0.2) is 0 Å². The van der Waals surface area contributed by atoms with Gasteiger partial charge < -0.3 is 30.4 Å². The summed E-state index contributed by atoms with van der Waals surface area (Å²) in [6, 6.07) is 5.88. The number of hydrogen-bond donors (Lipinski definition) is 4. The van der Waals surface area contributed by atoms with Crippen LogP contribution in [0.2, 0.25) is 0 Å². The Labute approximate surface area is 189 Å². The lowest BCUT2D eigenvalue weighted by atomic mass is 9.90. The number of nitrogens with one attached hydrogen (secondary N) is 4. The van der Waals surface area contributed by atoms with Crippen LogP contribution in [0.25, 0.3) is 0 Å². The fourth-order valence-electron chi connectivity index (χ4n) is 4.11. The Morgan fingerprint density at radius 1 is 1.34 bits per heavy atom. The maximum absolute atomic E-state index is 11.5. The average Bonchev–Trinajstić information content (AvgIpc) is 2.85. The van der Waals surface area contributed by atoms with Crippen LogP contribution in [0.1, 0.15) is 24.8 Å². The molecule has 3 rings (SSSR count). The molecule has 2 amide bonds. The molecule has 10 nitrogen and oxygen atoms in total. The molecule has 4 N–H and O–H groups in total. The smallest absolute Gasteiger partial charge is 0.221 e. The van der Waals surface area contributed by atoms with Gasteiger partial charge in [0.25, 0.3) is 0 Å². The Hall–Kier alpha value is -2.98. The van der Waals surface area contributed by atoms with Gasteiger partial charge in [-0.15, -0.1) is 0 Å². The third kappa shape index (κ3) is 6.04. The first-order valence-corrected chi connectivity index (χ1v) is 10.7. The van der Waals surface area contributed by atoms with E-state index >= 15 is 0 Å². The Morgan fingerprint density at radius 2 is 2.06 bits per heavy atom. The highest BCUT2D eigenvalue weighted by Crippen LogP contribution is 2.32. The molecule has 2 aliphatic heterocycles. The molecule has 0 saturated carbocycles. The Morgan fingerprint density at radius 3 is 2.69 bits per heavy atom. The molecule has 2 saturated heterocycles. The van der Waals surface area contributed by atoms with Gasteiger partial charge in [0.05, 0.1) is 12.2 Å². The second-order valence-corrected chi connectivity index (χ2v) is 7.75. The van der Waals surface area contributed by atoms with Gasteiger partial charge in [0.2, 0.25) is 12.3 Å². The van der Waals surface area contributed by atoms with Crippen molar-refractivity contribution in [3.05, 3.63) is 23.8 Å². The highest BCUT2D eigenvalue weighted by molar-refractivity contribution is 6.06. The first-order chi connectivity index (χ1) is 15.5. The minimum atomic E-state index is -0.169.